The maximum Gasteiger partial charge on any atom is 0.224 e. The Hall–Kier alpha value is -0.770. The first-order valence-corrected chi connectivity index (χ1v) is 8.28. The molecule has 114 valence electrons. The molecule has 1 aliphatic heterocycles. The van der Waals surface area contributed by atoms with Crippen LogP contribution in [0.4, 0.5) is 0 Å². The van der Waals surface area contributed by atoms with Crippen LogP contribution in [-0.4, -0.2) is 25.0 Å². The van der Waals surface area contributed by atoms with Gasteiger partial charge in [-0.3, -0.25) is 4.79 Å². The van der Waals surface area contributed by atoms with E-state index in [1.807, 2.05) is 12.1 Å². The molecule has 1 aliphatic carbocycles. The Labute approximate surface area is 135 Å². The zero-order valence-electron chi connectivity index (χ0n) is 12.0. The van der Waals surface area contributed by atoms with E-state index in [1.54, 1.807) is 6.07 Å². The Kier molecular flexibility index (Phi) is 4.43. The number of piperidine rings is 1. The minimum atomic E-state index is 0.0371. The van der Waals surface area contributed by atoms with Gasteiger partial charge in [0.15, 0.2) is 0 Å². The summed E-state index contributed by atoms with van der Waals surface area (Å²) in [6.07, 6.45) is 1.97. The number of nitrogens with one attached hydrogen (secondary N) is 2. The molecule has 4 atom stereocenters. The van der Waals surface area contributed by atoms with Crippen molar-refractivity contribution in [2.45, 2.75) is 31.7 Å². The summed E-state index contributed by atoms with van der Waals surface area (Å²) >= 11 is 12.3. The van der Waals surface area contributed by atoms with Crippen molar-refractivity contribution in [3.8, 4) is 0 Å². The molecule has 1 amide bonds. The summed E-state index contributed by atoms with van der Waals surface area (Å²) in [5.74, 6) is 0.928. The highest BCUT2D eigenvalue weighted by molar-refractivity contribution is 6.42. The Balaban J connectivity index is 1.62. The SMILES string of the molecule is CC1CCNCC1NC(=O)C1CC1c1cccc(Cl)c1Cl. The summed E-state index contributed by atoms with van der Waals surface area (Å²) < 4.78 is 0. The van der Waals surface area contributed by atoms with E-state index in [1.165, 1.54) is 0 Å². The van der Waals surface area contributed by atoms with Gasteiger partial charge in [-0.1, -0.05) is 42.3 Å². The molecule has 1 aromatic carbocycles. The van der Waals surface area contributed by atoms with Crippen molar-refractivity contribution < 1.29 is 4.79 Å². The van der Waals surface area contributed by atoms with Crippen molar-refractivity contribution in [1.82, 2.24) is 10.6 Å². The van der Waals surface area contributed by atoms with Crippen molar-refractivity contribution in [2.75, 3.05) is 13.1 Å². The molecule has 3 rings (SSSR count). The number of hydrogen-bond acceptors (Lipinski definition) is 2. The Morgan fingerprint density at radius 3 is 2.95 bits per heavy atom. The van der Waals surface area contributed by atoms with Gasteiger partial charge in [0.25, 0.3) is 0 Å². The zero-order valence-corrected chi connectivity index (χ0v) is 13.5. The van der Waals surface area contributed by atoms with Gasteiger partial charge in [-0.15, -0.1) is 0 Å². The van der Waals surface area contributed by atoms with Crippen molar-refractivity contribution >= 4 is 29.1 Å². The lowest BCUT2D eigenvalue weighted by molar-refractivity contribution is -0.123. The van der Waals surface area contributed by atoms with Gasteiger partial charge in [0.1, 0.15) is 0 Å². The molecular formula is C16H20Cl2N2O. The molecule has 1 aromatic rings. The molecular weight excluding hydrogens is 307 g/mol. The quantitative estimate of drug-likeness (QED) is 0.895. The van der Waals surface area contributed by atoms with Gasteiger partial charge in [0.05, 0.1) is 10.0 Å². The van der Waals surface area contributed by atoms with Crippen molar-refractivity contribution in [3.05, 3.63) is 33.8 Å². The van der Waals surface area contributed by atoms with E-state index >= 15 is 0 Å². The minimum absolute atomic E-state index is 0.0371. The molecule has 1 saturated carbocycles. The number of halogens is 2. The fraction of sp³-hybridized carbons (Fsp3) is 0.562. The lowest BCUT2D eigenvalue weighted by Crippen LogP contribution is -2.50. The zero-order chi connectivity index (χ0) is 15.0. The highest BCUT2D eigenvalue weighted by Gasteiger charge is 2.45. The summed E-state index contributed by atoms with van der Waals surface area (Å²) in [5.41, 5.74) is 0.999. The fourth-order valence-electron chi connectivity index (χ4n) is 3.11. The smallest absolute Gasteiger partial charge is 0.224 e. The highest BCUT2D eigenvalue weighted by Crippen LogP contribution is 2.50. The first-order valence-electron chi connectivity index (χ1n) is 7.53. The van der Waals surface area contributed by atoms with Gasteiger partial charge in [-0.25, -0.2) is 0 Å². The molecule has 1 saturated heterocycles. The van der Waals surface area contributed by atoms with E-state index in [4.69, 9.17) is 23.2 Å². The van der Waals surface area contributed by atoms with Crippen LogP contribution >= 0.6 is 23.2 Å². The maximum absolute atomic E-state index is 12.4. The average Bonchev–Trinajstić information content (AvgIpc) is 3.25. The molecule has 1 heterocycles. The molecule has 5 heteroatoms. The number of amides is 1. The van der Waals surface area contributed by atoms with Gasteiger partial charge in [-0.2, -0.15) is 0 Å². The van der Waals surface area contributed by atoms with Crippen LogP contribution in [0.3, 0.4) is 0 Å². The summed E-state index contributed by atoms with van der Waals surface area (Å²) in [4.78, 5) is 12.4. The standard InChI is InChI=1S/C16H20Cl2N2O/c1-9-5-6-19-8-14(9)20-16(21)12-7-11(12)10-3-2-4-13(17)15(10)18/h2-4,9,11-12,14,19H,5-8H2,1H3,(H,20,21). The molecule has 21 heavy (non-hydrogen) atoms. The van der Waals surface area contributed by atoms with Crippen LogP contribution in [0, 0.1) is 11.8 Å². The second-order valence-electron chi connectivity index (χ2n) is 6.18. The van der Waals surface area contributed by atoms with E-state index in [0.29, 0.717) is 16.0 Å². The van der Waals surface area contributed by atoms with Gasteiger partial charge in [0.2, 0.25) is 5.91 Å². The van der Waals surface area contributed by atoms with Crippen molar-refractivity contribution in [3.63, 3.8) is 0 Å². The van der Waals surface area contributed by atoms with Gasteiger partial charge >= 0.3 is 0 Å². The van der Waals surface area contributed by atoms with E-state index in [2.05, 4.69) is 17.6 Å². The van der Waals surface area contributed by atoms with Crippen LogP contribution in [0.25, 0.3) is 0 Å². The normalized spacial score (nSPS) is 31.8. The maximum atomic E-state index is 12.4. The number of carbonyl (C=O) groups excluding carboxylic acids is 1. The Morgan fingerprint density at radius 2 is 2.19 bits per heavy atom. The largest absolute Gasteiger partial charge is 0.352 e. The van der Waals surface area contributed by atoms with Crippen LogP contribution in [0.1, 0.15) is 31.2 Å². The molecule has 0 spiro atoms. The molecule has 4 unspecified atom stereocenters. The molecule has 2 N–H and O–H groups in total. The third-order valence-electron chi connectivity index (χ3n) is 4.66. The van der Waals surface area contributed by atoms with E-state index < -0.39 is 0 Å². The number of carbonyl (C=O) groups is 1. The van der Waals surface area contributed by atoms with Crippen LogP contribution in [0.5, 0.6) is 0 Å². The molecule has 0 radical (unpaired) electrons. The predicted octanol–water partition coefficient (Wildman–Crippen LogP) is 3.21. The molecule has 0 aromatic heterocycles. The van der Waals surface area contributed by atoms with Crippen molar-refractivity contribution in [1.29, 1.82) is 0 Å². The van der Waals surface area contributed by atoms with Gasteiger partial charge < -0.3 is 10.6 Å². The third-order valence-corrected chi connectivity index (χ3v) is 5.50. The monoisotopic (exact) mass is 326 g/mol. The fourth-order valence-corrected chi connectivity index (χ4v) is 3.56. The van der Waals surface area contributed by atoms with E-state index in [-0.39, 0.29) is 23.8 Å². The Morgan fingerprint density at radius 1 is 1.38 bits per heavy atom. The summed E-state index contributed by atoms with van der Waals surface area (Å²) in [7, 11) is 0. The summed E-state index contributed by atoms with van der Waals surface area (Å²) in [5, 5.41) is 7.67. The summed E-state index contributed by atoms with van der Waals surface area (Å²) in [6, 6.07) is 5.88. The average molecular weight is 327 g/mol. The Bertz CT molecular complexity index is 549. The van der Waals surface area contributed by atoms with E-state index in [9.17, 15) is 4.79 Å². The first-order chi connectivity index (χ1) is 10.1. The molecule has 3 nitrogen and oxygen atoms in total. The number of hydrogen-bond donors (Lipinski definition) is 2. The second-order valence-corrected chi connectivity index (χ2v) is 6.96. The minimum Gasteiger partial charge on any atom is -0.352 e. The predicted molar refractivity (Wildman–Crippen MR) is 85.9 cm³/mol. The second kappa shape index (κ2) is 6.15. The lowest BCUT2D eigenvalue weighted by Gasteiger charge is -2.30. The van der Waals surface area contributed by atoms with Crippen LogP contribution in [-0.2, 0) is 4.79 Å². The van der Waals surface area contributed by atoms with Gasteiger partial charge in [0, 0.05) is 18.5 Å². The van der Waals surface area contributed by atoms with Crippen LogP contribution in [0.15, 0.2) is 18.2 Å². The van der Waals surface area contributed by atoms with Crippen LogP contribution in [0.2, 0.25) is 10.0 Å². The third kappa shape index (κ3) is 3.20. The molecule has 2 aliphatic rings. The lowest BCUT2D eigenvalue weighted by atomic mass is 9.94. The van der Waals surface area contributed by atoms with E-state index in [0.717, 1.165) is 31.5 Å². The summed E-state index contributed by atoms with van der Waals surface area (Å²) in [6.45, 7) is 4.10. The number of benzene rings is 1. The molecule has 2 fully saturated rings. The topological polar surface area (TPSA) is 41.1 Å². The number of rotatable bonds is 3. The van der Waals surface area contributed by atoms with Gasteiger partial charge in [-0.05, 0) is 42.9 Å². The van der Waals surface area contributed by atoms with Crippen LogP contribution < -0.4 is 10.6 Å². The molecule has 0 bridgehead atoms. The first kappa shape index (κ1) is 15.1. The highest BCUT2D eigenvalue weighted by atomic mass is 35.5. The van der Waals surface area contributed by atoms with Crippen molar-refractivity contribution in [2.24, 2.45) is 11.8 Å².